The molecule has 0 spiro atoms. The standard InChI is InChI=1S/C22H24N2O3/c1-14-7-8-20(27-2)19(11-14)23-21(25)17-12-18(17)22(26)24-10-9-15-5-3-4-6-16(15)13-24/h3-8,11,17-18H,9-10,12-13H2,1-2H3,(H,23,25). The molecule has 2 atom stereocenters. The lowest BCUT2D eigenvalue weighted by Crippen LogP contribution is -2.37. The number of amides is 2. The van der Waals surface area contributed by atoms with E-state index in [1.807, 2.05) is 42.2 Å². The number of rotatable bonds is 4. The summed E-state index contributed by atoms with van der Waals surface area (Å²) in [4.78, 5) is 27.3. The average molecular weight is 364 g/mol. The Balaban J connectivity index is 1.39. The van der Waals surface area contributed by atoms with Crippen LogP contribution in [0.2, 0.25) is 0 Å². The summed E-state index contributed by atoms with van der Waals surface area (Å²) in [5.74, 6) is 0.173. The summed E-state index contributed by atoms with van der Waals surface area (Å²) in [7, 11) is 1.58. The van der Waals surface area contributed by atoms with Crippen LogP contribution in [0.5, 0.6) is 5.75 Å². The maximum atomic E-state index is 12.8. The average Bonchev–Trinajstić information content (AvgIpc) is 3.48. The molecule has 0 saturated heterocycles. The fourth-order valence-corrected chi connectivity index (χ4v) is 3.82. The summed E-state index contributed by atoms with van der Waals surface area (Å²) in [6, 6.07) is 13.9. The molecule has 1 fully saturated rings. The summed E-state index contributed by atoms with van der Waals surface area (Å²) in [5.41, 5.74) is 4.23. The van der Waals surface area contributed by atoms with Crippen molar-refractivity contribution in [2.45, 2.75) is 26.3 Å². The first-order valence-electron chi connectivity index (χ1n) is 9.38. The Morgan fingerprint density at radius 1 is 1.11 bits per heavy atom. The van der Waals surface area contributed by atoms with E-state index in [1.54, 1.807) is 7.11 Å². The number of nitrogens with zero attached hydrogens (tertiary/aromatic N) is 1. The second kappa shape index (κ2) is 7.06. The first-order chi connectivity index (χ1) is 13.1. The molecule has 1 saturated carbocycles. The fraction of sp³-hybridized carbons (Fsp3) is 0.364. The second-order valence-electron chi connectivity index (χ2n) is 7.42. The SMILES string of the molecule is COc1ccc(C)cc1NC(=O)C1CC1C(=O)N1CCc2ccccc2C1. The van der Waals surface area contributed by atoms with Crippen LogP contribution in [0.3, 0.4) is 0 Å². The highest BCUT2D eigenvalue weighted by Crippen LogP contribution is 2.42. The van der Waals surface area contributed by atoms with Gasteiger partial charge in [-0.2, -0.15) is 0 Å². The number of anilines is 1. The Labute approximate surface area is 159 Å². The van der Waals surface area contributed by atoms with Crippen LogP contribution in [0.1, 0.15) is 23.1 Å². The highest BCUT2D eigenvalue weighted by molar-refractivity contribution is 6.00. The van der Waals surface area contributed by atoms with Gasteiger partial charge in [-0.25, -0.2) is 0 Å². The number of benzene rings is 2. The van der Waals surface area contributed by atoms with Crippen molar-refractivity contribution in [3.05, 3.63) is 59.2 Å². The van der Waals surface area contributed by atoms with Gasteiger partial charge in [0.2, 0.25) is 11.8 Å². The van der Waals surface area contributed by atoms with E-state index >= 15 is 0 Å². The molecule has 2 aliphatic rings. The molecule has 1 aliphatic heterocycles. The Morgan fingerprint density at radius 2 is 1.89 bits per heavy atom. The summed E-state index contributed by atoms with van der Waals surface area (Å²) in [6.07, 6.45) is 1.50. The van der Waals surface area contributed by atoms with Crippen LogP contribution in [0, 0.1) is 18.8 Å². The number of carbonyl (C=O) groups excluding carboxylic acids is 2. The van der Waals surface area contributed by atoms with Crippen LogP contribution in [0.4, 0.5) is 5.69 Å². The molecule has 1 aliphatic carbocycles. The molecule has 1 N–H and O–H groups in total. The van der Waals surface area contributed by atoms with Crippen LogP contribution >= 0.6 is 0 Å². The lowest BCUT2D eigenvalue weighted by molar-refractivity contribution is -0.135. The van der Waals surface area contributed by atoms with Crippen molar-refractivity contribution < 1.29 is 14.3 Å². The van der Waals surface area contributed by atoms with Gasteiger partial charge in [0.1, 0.15) is 5.75 Å². The molecule has 27 heavy (non-hydrogen) atoms. The minimum Gasteiger partial charge on any atom is -0.495 e. The van der Waals surface area contributed by atoms with Crippen LogP contribution in [0.25, 0.3) is 0 Å². The molecule has 2 unspecified atom stereocenters. The molecular formula is C22H24N2O3. The number of hydrogen-bond donors (Lipinski definition) is 1. The van der Waals surface area contributed by atoms with E-state index < -0.39 is 0 Å². The normalized spacial score (nSPS) is 20.6. The Bertz CT molecular complexity index is 893. The highest BCUT2D eigenvalue weighted by atomic mass is 16.5. The molecule has 2 amide bonds. The van der Waals surface area contributed by atoms with E-state index in [0.717, 1.165) is 18.5 Å². The molecule has 2 aromatic carbocycles. The molecular weight excluding hydrogens is 340 g/mol. The van der Waals surface area contributed by atoms with E-state index in [1.165, 1.54) is 11.1 Å². The predicted octanol–water partition coefficient (Wildman–Crippen LogP) is 3.16. The van der Waals surface area contributed by atoms with Crippen molar-refractivity contribution in [1.82, 2.24) is 4.90 Å². The minimum absolute atomic E-state index is 0.0980. The van der Waals surface area contributed by atoms with E-state index in [-0.39, 0.29) is 23.7 Å². The molecule has 4 rings (SSSR count). The first-order valence-corrected chi connectivity index (χ1v) is 9.38. The summed E-state index contributed by atoms with van der Waals surface area (Å²) >= 11 is 0. The molecule has 5 heteroatoms. The summed E-state index contributed by atoms with van der Waals surface area (Å²) in [6.45, 7) is 3.34. The minimum atomic E-state index is -0.250. The van der Waals surface area contributed by atoms with Gasteiger partial charge in [-0.1, -0.05) is 30.3 Å². The molecule has 0 aromatic heterocycles. The van der Waals surface area contributed by atoms with Crippen LogP contribution < -0.4 is 10.1 Å². The van der Waals surface area contributed by atoms with Crippen molar-refractivity contribution in [2.24, 2.45) is 11.8 Å². The van der Waals surface area contributed by atoms with Gasteiger partial charge >= 0.3 is 0 Å². The van der Waals surface area contributed by atoms with Gasteiger partial charge < -0.3 is 15.0 Å². The number of carbonyl (C=O) groups is 2. The molecule has 2 aromatic rings. The number of aryl methyl sites for hydroxylation is 1. The number of nitrogens with one attached hydrogen (secondary N) is 1. The monoisotopic (exact) mass is 364 g/mol. The van der Waals surface area contributed by atoms with E-state index in [9.17, 15) is 9.59 Å². The topological polar surface area (TPSA) is 58.6 Å². The van der Waals surface area contributed by atoms with Crippen molar-refractivity contribution in [2.75, 3.05) is 19.0 Å². The van der Waals surface area contributed by atoms with Gasteiger partial charge in [-0.15, -0.1) is 0 Å². The third-order valence-corrected chi connectivity index (χ3v) is 5.50. The summed E-state index contributed by atoms with van der Waals surface area (Å²) < 4.78 is 5.31. The van der Waals surface area contributed by atoms with Crippen LogP contribution in [-0.2, 0) is 22.6 Å². The molecule has 1 heterocycles. The van der Waals surface area contributed by atoms with Gasteiger partial charge in [0, 0.05) is 13.1 Å². The lowest BCUT2D eigenvalue weighted by Gasteiger charge is -2.29. The summed E-state index contributed by atoms with van der Waals surface area (Å²) in [5, 5.41) is 2.93. The molecule has 0 radical (unpaired) electrons. The van der Waals surface area contributed by atoms with Gasteiger partial charge in [0.15, 0.2) is 0 Å². The Kier molecular flexibility index (Phi) is 4.60. The van der Waals surface area contributed by atoms with Crippen LogP contribution in [0.15, 0.2) is 42.5 Å². The van der Waals surface area contributed by atoms with Crippen molar-refractivity contribution in [3.63, 3.8) is 0 Å². The zero-order chi connectivity index (χ0) is 19.0. The number of ether oxygens (including phenoxy) is 1. The number of hydrogen-bond acceptors (Lipinski definition) is 3. The van der Waals surface area contributed by atoms with Crippen molar-refractivity contribution >= 4 is 17.5 Å². The fourth-order valence-electron chi connectivity index (χ4n) is 3.82. The quantitative estimate of drug-likeness (QED) is 0.907. The third kappa shape index (κ3) is 3.54. The van der Waals surface area contributed by atoms with Crippen molar-refractivity contribution in [3.8, 4) is 5.75 Å². The third-order valence-electron chi connectivity index (χ3n) is 5.50. The maximum absolute atomic E-state index is 12.8. The largest absolute Gasteiger partial charge is 0.495 e. The van der Waals surface area contributed by atoms with Gasteiger partial charge in [-0.3, -0.25) is 9.59 Å². The van der Waals surface area contributed by atoms with Gasteiger partial charge in [-0.05, 0) is 48.6 Å². The Hall–Kier alpha value is -2.82. The van der Waals surface area contributed by atoms with E-state index in [2.05, 4.69) is 17.4 Å². The zero-order valence-electron chi connectivity index (χ0n) is 15.7. The predicted molar refractivity (Wildman–Crippen MR) is 104 cm³/mol. The highest BCUT2D eigenvalue weighted by Gasteiger charge is 2.49. The molecule has 140 valence electrons. The number of fused-ring (bicyclic) bond motifs is 1. The van der Waals surface area contributed by atoms with Gasteiger partial charge in [0.05, 0.1) is 24.6 Å². The number of methoxy groups -OCH3 is 1. The zero-order valence-corrected chi connectivity index (χ0v) is 15.7. The van der Waals surface area contributed by atoms with E-state index in [0.29, 0.717) is 24.4 Å². The Morgan fingerprint density at radius 3 is 2.67 bits per heavy atom. The molecule has 5 nitrogen and oxygen atoms in total. The van der Waals surface area contributed by atoms with Crippen molar-refractivity contribution in [1.29, 1.82) is 0 Å². The molecule has 0 bridgehead atoms. The maximum Gasteiger partial charge on any atom is 0.228 e. The lowest BCUT2D eigenvalue weighted by atomic mass is 9.99. The first kappa shape index (κ1) is 17.6. The van der Waals surface area contributed by atoms with Crippen LogP contribution in [-0.4, -0.2) is 30.4 Å². The van der Waals surface area contributed by atoms with Gasteiger partial charge in [0.25, 0.3) is 0 Å². The van der Waals surface area contributed by atoms with E-state index in [4.69, 9.17) is 4.74 Å². The smallest absolute Gasteiger partial charge is 0.228 e. The second-order valence-corrected chi connectivity index (χ2v) is 7.42.